The number of nitrogens with one attached hydrogen (secondary N) is 1. The molecule has 1 aromatic rings. The van der Waals surface area contributed by atoms with E-state index in [1.165, 1.54) is 6.07 Å². The number of nitrogens with two attached hydrogens (primary N) is 1. The van der Waals surface area contributed by atoms with Gasteiger partial charge < -0.3 is 20.7 Å². The van der Waals surface area contributed by atoms with Crippen LogP contribution in [0.1, 0.15) is 17.5 Å². The molecule has 0 aliphatic carbocycles. The van der Waals surface area contributed by atoms with Gasteiger partial charge in [0.25, 0.3) is 0 Å². The van der Waals surface area contributed by atoms with Crippen molar-refractivity contribution in [3.05, 3.63) is 35.1 Å². The molecular weight excluding hydrogens is 448 g/mol. The molecule has 8 heteroatoms. The van der Waals surface area contributed by atoms with Crippen LogP contribution in [-0.4, -0.2) is 69.2 Å². The zero-order chi connectivity index (χ0) is 18.1. The Morgan fingerprint density at radius 3 is 2.77 bits per heavy atom. The molecule has 1 aliphatic heterocycles. The van der Waals surface area contributed by atoms with E-state index in [2.05, 4.69) is 15.2 Å². The lowest BCUT2D eigenvalue weighted by atomic mass is 10.1. The van der Waals surface area contributed by atoms with Crippen LogP contribution in [0.2, 0.25) is 0 Å². The first-order chi connectivity index (χ1) is 12.0. The van der Waals surface area contributed by atoms with Crippen LogP contribution in [0.5, 0.6) is 0 Å². The summed E-state index contributed by atoms with van der Waals surface area (Å²) in [6.07, 6.45) is 1.01. The Kier molecular flexibility index (Phi) is 11.0. The van der Waals surface area contributed by atoms with Gasteiger partial charge in [0.2, 0.25) is 0 Å². The van der Waals surface area contributed by atoms with Crippen LogP contribution >= 0.6 is 24.0 Å². The van der Waals surface area contributed by atoms with Gasteiger partial charge in [0, 0.05) is 31.7 Å². The van der Waals surface area contributed by atoms with Gasteiger partial charge in [0.1, 0.15) is 5.82 Å². The summed E-state index contributed by atoms with van der Waals surface area (Å²) >= 11 is 0. The van der Waals surface area contributed by atoms with E-state index in [9.17, 15) is 4.39 Å². The summed E-state index contributed by atoms with van der Waals surface area (Å²) < 4.78 is 19.1. The van der Waals surface area contributed by atoms with Crippen LogP contribution in [0.4, 0.5) is 4.39 Å². The fourth-order valence-corrected chi connectivity index (χ4v) is 2.76. The summed E-state index contributed by atoms with van der Waals surface area (Å²) in [5.74, 6) is 0.246. The van der Waals surface area contributed by atoms with Gasteiger partial charge in [-0.2, -0.15) is 0 Å². The monoisotopic (exact) mass is 479 g/mol. The van der Waals surface area contributed by atoms with Crippen molar-refractivity contribution in [2.75, 3.05) is 53.5 Å². The Morgan fingerprint density at radius 2 is 2.08 bits per heavy atom. The van der Waals surface area contributed by atoms with Crippen LogP contribution in [0, 0.1) is 5.82 Å². The van der Waals surface area contributed by atoms with E-state index in [1.807, 2.05) is 25.1 Å². The van der Waals surface area contributed by atoms with E-state index in [0.29, 0.717) is 24.6 Å². The highest BCUT2D eigenvalue weighted by molar-refractivity contribution is 14.0. The fourth-order valence-electron chi connectivity index (χ4n) is 2.76. The lowest BCUT2D eigenvalue weighted by Gasteiger charge is -2.26. The van der Waals surface area contributed by atoms with E-state index in [1.54, 1.807) is 6.07 Å². The molecule has 148 valence electrons. The van der Waals surface area contributed by atoms with Crippen molar-refractivity contribution < 1.29 is 9.13 Å². The van der Waals surface area contributed by atoms with Crippen molar-refractivity contribution in [1.29, 1.82) is 0 Å². The molecule has 1 fully saturated rings. The largest absolute Gasteiger partial charge is 0.379 e. The van der Waals surface area contributed by atoms with E-state index in [4.69, 9.17) is 10.5 Å². The van der Waals surface area contributed by atoms with Gasteiger partial charge in [-0.05, 0) is 44.8 Å². The minimum atomic E-state index is -0.185. The zero-order valence-electron chi connectivity index (χ0n) is 15.7. The molecule has 1 saturated heterocycles. The van der Waals surface area contributed by atoms with Gasteiger partial charge in [-0.1, -0.05) is 6.07 Å². The molecule has 0 unspecified atom stereocenters. The molecule has 0 atom stereocenters. The number of hydrogen-bond acceptors (Lipinski definition) is 4. The molecule has 0 bridgehead atoms. The predicted molar refractivity (Wildman–Crippen MR) is 114 cm³/mol. The average Bonchev–Trinajstić information content (AvgIpc) is 2.60. The van der Waals surface area contributed by atoms with Crippen molar-refractivity contribution >= 4 is 29.9 Å². The first kappa shape index (κ1) is 23.1. The zero-order valence-corrected chi connectivity index (χ0v) is 18.0. The topological polar surface area (TPSA) is 66.1 Å². The van der Waals surface area contributed by atoms with Crippen molar-refractivity contribution in [3.8, 4) is 0 Å². The summed E-state index contributed by atoms with van der Waals surface area (Å²) in [5, 5.41) is 3.14. The molecule has 0 aromatic heterocycles. The normalized spacial score (nSPS) is 15.8. The Hall–Kier alpha value is -0.970. The van der Waals surface area contributed by atoms with Crippen molar-refractivity contribution in [1.82, 2.24) is 15.1 Å². The van der Waals surface area contributed by atoms with Gasteiger partial charge in [-0.15, -0.1) is 24.0 Å². The summed E-state index contributed by atoms with van der Waals surface area (Å²) in [5.41, 5.74) is 7.54. The number of hydrogen-bond donors (Lipinski definition) is 2. The Balaban J connectivity index is 0.00000338. The molecular formula is C18H31FIN5O. The summed E-state index contributed by atoms with van der Waals surface area (Å²) in [4.78, 5) is 8.67. The third-order valence-electron chi connectivity index (χ3n) is 4.09. The molecule has 1 heterocycles. The predicted octanol–water partition coefficient (Wildman–Crippen LogP) is 1.63. The smallest absolute Gasteiger partial charge is 0.188 e. The van der Waals surface area contributed by atoms with E-state index in [0.717, 1.165) is 51.4 Å². The number of rotatable bonds is 8. The van der Waals surface area contributed by atoms with Crippen LogP contribution in [0.25, 0.3) is 0 Å². The average molecular weight is 479 g/mol. The molecule has 0 radical (unpaired) electrons. The maximum Gasteiger partial charge on any atom is 0.188 e. The van der Waals surface area contributed by atoms with Crippen molar-refractivity contribution in [2.24, 2.45) is 10.7 Å². The van der Waals surface area contributed by atoms with Gasteiger partial charge in [-0.3, -0.25) is 4.90 Å². The number of benzene rings is 1. The maximum absolute atomic E-state index is 13.8. The van der Waals surface area contributed by atoms with Gasteiger partial charge in [0.15, 0.2) is 5.96 Å². The van der Waals surface area contributed by atoms with E-state index in [-0.39, 0.29) is 29.8 Å². The SMILES string of the molecule is CN(C)Cc1cc(CN=C(N)NCCCN2CCOCC2)ccc1F.I. The number of aliphatic imine (C=N–C) groups is 1. The fraction of sp³-hybridized carbons (Fsp3) is 0.611. The Morgan fingerprint density at radius 1 is 1.35 bits per heavy atom. The van der Waals surface area contributed by atoms with Crippen LogP contribution in [0.3, 0.4) is 0 Å². The van der Waals surface area contributed by atoms with Gasteiger partial charge >= 0.3 is 0 Å². The molecule has 6 nitrogen and oxygen atoms in total. The molecule has 0 amide bonds. The highest BCUT2D eigenvalue weighted by Crippen LogP contribution is 2.13. The second-order valence-corrected chi connectivity index (χ2v) is 6.60. The molecule has 3 N–H and O–H groups in total. The van der Waals surface area contributed by atoms with Gasteiger partial charge in [-0.25, -0.2) is 9.38 Å². The highest BCUT2D eigenvalue weighted by Gasteiger charge is 2.09. The first-order valence-electron chi connectivity index (χ1n) is 8.80. The van der Waals surface area contributed by atoms with Crippen molar-refractivity contribution in [2.45, 2.75) is 19.5 Å². The first-order valence-corrected chi connectivity index (χ1v) is 8.80. The number of morpholine rings is 1. The Labute approximate surface area is 173 Å². The van der Waals surface area contributed by atoms with Gasteiger partial charge in [0.05, 0.1) is 19.8 Å². The quantitative estimate of drug-likeness (QED) is 0.257. The molecule has 26 heavy (non-hydrogen) atoms. The lowest BCUT2D eigenvalue weighted by Crippen LogP contribution is -2.39. The van der Waals surface area contributed by atoms with Crippen LogP contribution in [-0.2, 0) is 17.8 Å². The second-order valence-electron chi connectivity index (χ2n) is 6.60. The highest BCUT2D eigenvalue weighted by atomic mass is 127. The maximum atomic E-state index is 13.8. The van der Waals surface area contributed by atoms with E-state index >= 15 is 0 Å². The minimum Gasteiger partial charge on any atom is -0.379 e. The standard InChI is InChI=1S/C18H30FN5O.HI/c1-23(2)14-16-12-15(4-5-17(16)19)13-22-18(20)21-6-3-7-24-8-10-25-11-9-24;/h4-5,12H,3,6-11,13-14H2,1-2H3,(H3,20,21,22);1H. The number of ether oxygens (including phenoxy) is 1. The number of halogens is 2. The molecule has 1 aromatic carbocycles. The molecule has 1 aliphatic rings. The molecule has 0 saturated carbocycles. The third kappa shape index (κ3) is 8.61. The minimum absolute atomic E-state index is 0. The number of nitrogens with zero attached hydrogens (tertiary/aromatic N) is 3. The third-order valence-corrected chi connectivity index (χ3v) is 4.09. The Bertz CT molecular complexity index is 565. The van der Waals surface area contributed by atoms with Crippen LogP contribution in [0.15, 0.2) is 23.2 Å². The summed E-state index contributed by atoms with van der Waals surface area (Å²) in [6, 6.07) is 5.10. The second kappa shape index (κ2) is 12.4. The van der Waals surface area contributed by atoms with Crippen LogP contribution < -0.4 is 11.1 Å². The molecule has 2 rings (SSSR count). The number of guanidine groups is 1. The molecule has 0 spiro atoms. The lowest BCUT2D eigenvalue weighted by molar-refractivity contribution is 0.0376. The summed E-state index contributed by atoms with van der Waals surface area (Å²) in [6.45, 7) is 6.50. The summed E-state index contributed by atoms with van der Waals surface area (Å²) in [7, 11) is 3.84. The van der Waals surface area contributed by atoms with Crippen molar-refractivity contribution in [3.63, 3.8) is 0 Å². The van der Waals surface area contributed by atoms with E-state index < -0.39 is 0 Å².